The van der Waals surface area contributed by atoms with Crippen molar-refractivity contribution in [3.05, 3.63) is 59.9 Å². The SMILES string of the molecule is O=C(Nc1cccc(-c2nnc3n2CCCCC3)c1)c1ccc(S(=O)(=O)N2CCCC2)cc1. The molecule has 0 atom stereocenters. The Bertz CT molecular complexity index is 1260. The zero-order valence-corrected chi connectivity index (χ0v) is 19.2. The molecule has 2 aromatic carbocycles. The lowest BCUT2D eigenvalue weighted by Gasteiger charge is -2.15. The van der Waals surface area contributed by atoms with Crippen molar-refractivity contribution in [2.75, 3.05) is 18.4 Å². The molecule has 33 heavy (non-hydrogen) atoms. The van der Waals surface area contributed by atoms with E-state index in [4.69, 9.17) is 0 Å². The number of fused-ring (bicyclic) bond motifs is 1. The number of benzene rings is 2. The number of hydrogen-bond acceptors (Lipinski definition) is 5. The van der Waals surface area contributed by atoms with Gasteiger partial charge in [-0.2, -0.15) is 4.31 Å². The van der Waals surface area contributed by atoms with Gasteiger partial charge >= 0.3 is 0 Å². The van der Waals surface area contributed by atoms with E-state index in [2.05, 4.69) is 20.1 Å². The molecule has 1 fully saturated rings. The van der Waals surface area contributed by atoms with E-state index in [0.717, 1.165) is 55.9 Å². The third kappa shape index (κ3) is 4.43. The highest BCUT2D eigenvalue weighted by Crippen LogP contribution is 2.26. The predicted molar refractivity (Wildman–Crippen MR) is 125 cm³/mol. The Morgan fingerprint density at radius 2 is 1.64 bits per heavy atom. The third-order valence-electron chi connectivity index (χ3n) is 6.31. The Hall–Kier alpha value is -3.04. The van der Waals surface area contributed by atoms with Crippen LogP contribution in [0, 0.1) is 0 Å². The van der Waals surface area contributed by atoms with Gasteiger partial charge in [0.25, 0.3) is 5.91 Å². The second kappa shape index (κ2) is 9.07. The Morgan fingerprint density at radius 1 is 0.879 bits per heavy atom. The molecule has 5 rings (SSSR count). The molecule has 1 amide bonds. The van der Waals surface area contributed by atoms with E-state index in [9.17, 15) is 13.2 Å². The van der Waals surface area contributed by atoms with Gasteiger partial charge in [0.05, 0.1) is 4.90 Å². The van der Waals surface area contributed by atoms with Crippen LogP contribution in [-0.4, -0.2) is 46.5 Å². The molecule has 2 aliphatic rings. The lowest BCUT2D eigenvalue weighted by atomic mass is 10.1. The average molecular weight is 466 g/mol. The summed E-state index contributed by atoms with van der Waals surface area (Å²) in [6.07, 6.45) is 6.14. The number of amides is 1. The van der Waals surface area contributed by atoms with Gasteiger partial charge in [-0.05, 0) is 62.1 Å². The first-order chi connectivity index (χ1) is 16.0. The van der Waals surface area contributed by atoms with Crippen molar-refractivity contribution in [2.24, 2.45) is 0 Å². The fraction of sp³-hybridized carbons (Fsp3) is 0.375. The number of aryl methyl sites for hydroxylation is 1. The maximum absolute atomic E-state index is 12.8. The van der Waals surface area contributed by atoms with E-state index < -0.39 is 10.0 Å². The van der Waals surface area contributed by atoms with Crippen LogP contribution in [0.4, 0.5) is 5.69 Å². The molecule has 8 nitrogen and oxygen atoms in total. The van der Waals surface area contributed by atoms with Crippen LogP contribution in [0.15, 0.2) is 53.4 Å². The van der Waals surface area contributed by atoms with Crippen LogP contribution in [0.3, 0.4) is 0 Å². The fourth-order valence-electron chi connectivity index (χ4n) is 4.49. The van der Waals surface area contributed by atoms with E-state index >= 15 is 0 Å². The fourth-order valence-corrected chi connectivity index (χ4v) is 6.01. The molecule has 0 radical (unpaired) electrons. The largest absolute Gasteiger partial charge is 0.322 e. The van der Waals surface area contributed by atoms with Crippen LogP contribution >= 0.6 is 0 Å². The summed E-state index contributed by atoms with van der Waals surface area (Å²) in [4.78, 5) is 13.0. The number of aromatic nitrogens is 3. The van der Waals surface area contributed by atoms with Crippen LogP contribution in [0.25, 0.3) is 11.4 Å². The van der Waals surface area contributed by atoms with Crippen molar-refractivity contribution in [2.45, 2.75) is 50.0 Å². The van der Waals surface area contributed by atoms with Crippen molar-refractivity contribution in [1.29, 1.82) is 0 Å². The molecule has 1 aromatic heterocycles. The lowest BCUT2D eigenvalue weighted by Crippen LogP contribution is -2.27. The van der Waals surface area contributed by atoms with Gasteiger partial charge in [-0.15, -0.1) is 10.2 Å². The Labute approximate surface area is 193 Å². The normalized spacial score (nSPS) is 16.8. The van der Waals surface area contributed by atoms with Crippen molar-refractivity contribution < 1.29 is 13.2 Å². The standard InChI is InChI=1S/C24H27N5O3S/c30-24(18-10-12-21(13-11-18)33(31,32)28-14-4-5-15-28)25-20-8-6-7-19(17-20)23-27-26-22-9-2-1-3-16-29(22)23/h6-8,10-13,17H,1-5,9,14-16H2,(H,25,30). The summed E-state index contributed by atoms with van der Waals surface area (Å²) >= 11 is 0. The van der Waals surface area contributed by atoms with Gasteiger partial charge in [-0.25, -0.2) is 8.42 Å². The van der Waals surface area contributed by atoms with Crippen LogP contribution < -0.4 is 5.32 Å². The van der Waals surface area contributed by atoms with Crippen molar-refractivity contribution in [1.82, 2.24) is 19.1 Å². The minimum absolute atomic E-state index is 0.218. The van der Waals surface area contributed by atoms with E-state index in [1.54, 1.807) is 12.1 Å². The van der Waals surface area contributed by atoms with Crippen LogP contribution in [0.1, 0.15) is 48.3 Å². The second-order valence-corrected chi connectivity index (χ2v) is 10.5. The first-order valence-corrected chi connectivity index (χ1v) is 12.9. The van der Waals surface area contributed by atoms with E-state index in [1.807, 2.05) is 24.3 Å². The summed E-state index contributed by atoms with van der Waals surface area (Å²) in [6.45, 7) is 2.01. The van der Waals surface area contributed by atoms with Crippen molar-refractivity contribution >= 4 is 21.6 Å². The highest BCUT2D eigenvalue weighted by Gasteiger charge is 2.27. The minimum atomic E-state index is -3.49. The minimum Gasteiger partial charge on any atom is -0.322 e. The summed E-state index contributed by atoms with van der Waals surface area (Å²) in [6, 6.07) is 13.7. The van der Waals surface area contributed by atoms with Gasteiger partial charge in [-0.3, -0.25) is 4.79 Å². The van der Waals surface area contributed by atoms with Gasteiger partial charge in [0.2, 0.25) is 10.0 Å². The number of sulfonamides is 1. The molecule has 3 aromatic rings. The van der Waals surface area contributed by atoms with Crippen LogP contribution in [0.2, 0.25) is 0 Å². The topological polar surface area (TPSA) is 97.2 Å². The number of carbonyl (C=O) groups excluding carboxylic acids is 1. The third-order valence-corrected chi connectivity index (χ3v) is 8.22. The molecule has 0 spiro atoms. The number of hydrogen-bond donors (Lipinski definition) is 1. The number of rotatable bonds is 5. The van der Waals surface area contributed by atoms with Crippen LogP contribution in [-0.2, 0) is 23.0 Å². The smallest absolute Gasteiger partial charge is 0.255 e. The Balaban J connectivity index is 1.32. The number of nitrogens with one attached hydrogen (secondary N) is 1. The molecule has 0 aliphatic carbocycles. The molecule has 1 saturated heterocycles. The van der Waals surface area contributed by atoms with E-state index in [0.29, 0.717) is 24.3 Å². The number of carbonyl (C=O) groups is 1. The maximum atomic E-state index is 12.8. The molecular formula is C24H27N5O3S. The summed E-state index contributed by atoms with van der Waals surface area (Å²) in [7, 11) is -3.49. The zero-order valence-electron chi connectivity index (χ0n) is 18.4. The average Bonchev–Trinajstić information content (AvgIpc) is 3.46. The van der Waals surface area contributed by atoms with E-state index in [1.165, 1.54) is 22.9 Å². The summed E-state index contributed by atoms with van der Waals surface area (Å²) in [5, 5.41) is 11.7. The molecule has 0 bridgehead atoms. The monoisotopic (exact) mass is 465 g/mol. The molecular weight excluding hydrogens is 438 g/mol. The summed E-state index contributed by atoms with van der Waals surface area (Å²) < 4.78 is 29.1. The number of anilines is 1. The number of nitrogens with zero attached hydrogens (tertiary/aromatic N) is 4. The lowest BCUT2D eigenvalue weighted by molar-refractivity contribution is 0.102. The zero-order chi connectivity index (χ0) is 22.8. The highest BCUT2D eigenvalue weighted by atomic mass is 32.2. The molecule has 9 heteroatoms. The molecule has 3 heterocycles. The van der Waals surface area contributed by atoms with Crippen molar-refractivity contribution in [3.63, 3.8) is 0 Å². The summed E-state index contributed by atoms with van der Waals surface area (Å²) in [5.41, 5.74) is 1.95. The van der Waals surface area contributed by atoms with Gasteiger partial charge in [-0.1, -0.05) is 18.6 Å². The second-order valence-electron chi connectivity index (χ2n) is 8.57. The van der Waals surface area contributed by atoms with Gasteiger partial charge in [0.15, 0.2) is 5.82 Å². The van der Waals surface area contributed by atoms with E-state index in [-0.39, 0.29) is 10.8 Å². The van der Waals surface area contributed by atoms with Crippen LogP contribution in [0.5, 0.6) is 0 Å². The van der Waals surface area contributed by atoms with Gasteiger partial charge < -0.3 is 9.88 Å². The van der Waals surface area contributed by atoms with Gasteiger partial charge in [0.1, 0.15) is 5.82 Å². The Morgan fingerprint density at radius 3 is 2.42 bits per heavy atom. The highest BCUT2D eigenvalue weighted by molar-refractivity contribution is 7.89. The van der Waals surface area contributed by atoms with Crippen molar-refractivity contribution in [3.8, 4) is 11.4 Å². The first kappa shape index (κ1) is 21.8. The molecule has 2 aliphatic heterocycles. The molecule has 0 unspecified atom stereocenters. The predicted octanol–water partition coefficient (Wildman–Crippen LogP) is 3.71. The molecule has 0 saturated carbocycles. The maximum Gasteiger partial charge on any atom is 0.255 e. The Kier molecular flexibility index (Phi) is 5.99. The molecule has 172 valence electrons. The first-order valence-electron chi connectivity index (χ1n) is 11.5. The summed E-state index contributed by atoms with van der Waals surface area (Å²) in [5.74, 6) is 1.54. The molecule has 1 N–H and O–H groups in total. The van der Waals surface area contributed by atoms with Gasteiger partial charge in [0, 0.05) is 42.9 Å². The quantitative estimate of drug-likeness (QED) is 0.620.